The fraction of sp³-hybridized carbons (Fsp3) is 0.0294. The fourth-order valence-corrected chi connectivity index (χ4v) is 5.29. The Hall–Kier alpha value is -5.01. The van der Waals surface area contributed by atoms with Gasteiger partial charge in [-0.3, -0.25) is 14.9 Å². The lowest BCUT2D eigenvalue weighted by Gasteiger charge is -2.26. The standard InChI is InChI=1S/C34H24BrN3O3/c1-22-9-8-14-28(19-22)38-33(40)29(32(39)36-34(38)41)20-25-21-30(23-10-4-2-5-11-23)37(27-17-15-26(35)16-18-27)31(25)24-12-6-3-7-13-24/h2-21H,1H3,(H,36,39,41)/b29-20-. The number of hydrogen-bond donors (Lipinski definition) is 1. The van der Waals surface area contributed by atoms with Crippen LogP contribution >= 0.6 is 15.9 Å². The van der Waals surface area contributed by atoms with Crippen molar-refractivity contribution in [3.63, 3.8) is 0 Å². The maximum Gasteiger partial charge on any atom is 0.335 e. The zero-order chi connectivity index (χ0) is 28.5. The van der Waals surface area contributed by atoms with E-state index >= 15 is 0 Å². The van der Waals surface area contributed by atoms with Crippen molar-refractivity contribution in [2.75, 3.05) is 4.90 Å². The van der Waals surface area contributed by atoms with Crippen LogP contribution in [-0.4, -0.2) is 22.4 Å². The molecule has 2 heterocycles. The van der Waals surface area contributed by atoms with Gasteiger partial charge in [0.2, 0.25) is 0 Å². The monoisotopic (exact) mass is 601 g/mol. The van der Waals surface area contributed by atoms with Crippen molar-refractivity contribution in [3.05, 3.63) is 136 Å². The predicted molar refractivity (Wildman–Crippen MR) is 165 cm³/mol. The first kappa shape index (κ1) is 26.2. The SMILES string of the molecule is Cc1cccc(N2C(=O)NC(=O)/C(=C/c3cc(-c4ccccc4)n(-c4ccc(Br)cc4)c3-c3ccccc3)C2=O)c1. The number of barbiturate groups is 1. The quantitative estimate of drug-likeness (QED) is 0.167. The molecular formula is C34H24BrN3O3. The first-order chi connectivity index (χ1) is 19.9. The first-order valence-electron chi connectivity index (χ1n) is 13.0. The second-order valence-electron chi connectivity index (χ2n) is 9.67. The Labute approximate surface area is 245 Å². The number of urea groups is 1. The number of nitrogens with zero attached hydrogens (tertiary/aromatic N) is 2. The number of aromatic nitrogens is 1. The van der Waals surface area contributed by atoms with E-state index in [1.54, 1.807) is 24.3 Å². The van der Waals surface area contributed by atoms with Crippen molar-refractivity contribution in [3.8, 4) is 28.2 Å². The molecule has 0 saturated carbocycles. The van der Waals surface area contributed by atoms with Crippen molar-refractivity contribution in [1.29, 1.82) is 0 Å². The van der Waals surface area contributed by atoms with Gasteiger partial charge in [0.05, 0.1) is 17.1 Å². The average Bonchev–Trinajstić information content (AvgIpc) is 3.36. The van der Waals surface area contributed by atoms with Crippen LogP contribution < -0.4 is 10.2 Å². The van der Waals surface area contributed by atoms with Crippen LogP contribution in [0.4, 0.5) is 10.5 Å². The van der Waals surface area contributed by atoms with Crippen molar-refractivity contribution < 1.29 is 14.4 Å². The van der Waals surface area contributed by atoms with E-state index in [-0.39, 0.29) is 5.57 Å². The number of halogens is 1. The van der Waals surface area contributed by atoms with Gasteiger partial charge < -0.3 is 4.57 Å². The Morgan fingerprint density at radius 3 is 2.02 bits per heavy atom. The molecule has 4 aromatic carbocycles. The molecule has 41 heavy (non-hydrogen) atoms. The number of carbonyl (C=O) groups excluding carboxylic acids is 3. The highest BCUT2D eigenvalue weighted by molar-refractivity contribution is 9.10. The van der Waals surface area contributed by atoms with Crippen LogP contribution in [0, 0.1) is 6.92 Å². The average molecular weight is 602 g/mol. The Bertz CT molecular complexity index is 1820. The molecule has 0 unspecified atom stereocenters. The summed E-state index contributed by atoms with van der Waals surface area (Å²) in [5, 5.41) is 2.35. The smallest absolute Gasteiger partial charge is 0.309 e. The molecule has 1 aliphatic heterocycles. The number of rotatable bonds is 5. The molecule has 0 aliphatic carbocycles. The van der Waals surface area contributed by atoms with E-state index in [1.807, 2.05) is 104 Å². The van der Waals surface area contributed by atoms with Crippen LogP contribution in [0.2, 0.25) is 0 Å². The van der Waals surface area contributed by atoms with E-state index in [2.05, 4.69) is 25.8 Å². The van der Waals surface area contributed by atoms with Gasteiger partial charge in [-0.25, -0.2) is 9.69 Å². The Morgan fingerprint density at radius 2 is 1.37 bits per heavy atom. The third-order valence-electron chi connectivity index (χ3n) is 6.89. The minimum absolute atomic E-state index is 0.129. The molecule has 200 valence electrons. The van der Waals surface area contributed by atoms with Crippen LogP contribution in [0.5, 0.6) is 0 Å². The molecule has 1 aromatic heterocycles. The van der Waals surface area contributed by atoms with Gasteiger partial charge in [-0.05, 0) is 72.2 Å². The highest BCUT2D eigenvalue weighted by atomic mass is 79.9. The van der Waals surface area contributed by atoms with Crippen LogP contribution in [0.3, 0.4) is 0 Å². The van der Waals surface area contributed by atoms with Crippen LogP contribution in [0.25, 0.3) is 34.3 Å². The first-order valence-corrected chi connectivity index (χ1v) is 13.8. The van der Waals surface area contributed by atoms with Crippen molar-refractivity contribution >= 4 is 45.5 Å². The number of imide groups is 2. The molecule has 6 rings (SSSR count). The summed E-state index contributed by atoms with van der Waals surface area (Å²) in [6, 6.07) is 36.0. The maximum atomic E-state index is 13.7. The minimum atomic E-state index is -0.775. The number of aryl methyl sites for hydroxylation is 1. The van der Waals surface area contributed by atoms with Crippen molar-refractivity contribution in [2.45, 2.75) is 6.92 Å². The van der Waals surface area contributed by atoms with E-state index < -0.39 is 17.8 Å². The zero-order valence-electron chi connectivity index (χ0n) is 22.0. The summed E-state index contributed by atoms with van der Waals surface area (Å²) >= 11 is 3.53. The van der Waals surface area contributed by atoms with Gasteiger partial charge in [-0.1, -0.05) is 88.7 Å². The topological polar surface area (TPSA) is 71.4 Å². The second kappa shape index (κ2) is 10.9. The molecule has 1 fully saturated rings. The molecule has 1 saturated heterocycles. The second-order valence-corrected chi connectivity index (χ2v) is 10.6. The lowest BCUT2D eigenvalue weighted by molar-refractivity contribution is -0.122. The van der Waals surface area contributed by atoms with Crippen LogP contribution in [0.1, 0.15) is 11.1 Å². The molecule has 1 N–H and O–H groups in total. The molecule has 0 bridgehead atoms. The highest BCUT2D eigenvalue weighted by Crippen LogP contribution is 2.38. The van der Waals surface area contributed by atoms with Crippen LogP contribution in [0.15, 0.2) is 125 Å². The molecule has 5 aromatic rings. The molecule has 6 nitrogen and oxygen atoms in total. The lowest BCUT2D eigenvalue weighted by atomic mass is 10.0. The third kappa shape index (κ3) is 5.03. The van der Waals surface area contributed by atoms with Gasteiger partial charge in [-0.15, -0.1) is 0 Å². The molecule has 4 amide bonds. The highest BCUT2D eigenvalue weighted by Gasteiger charge is 2.37. The number of amides is 4. The van der Waals surface area contributed by atoms with E-state index in [9.17, 15) is 14.4 Å². The minimum Gasteiger partial charge on any atom is -0.309 e. The van der Waals surface area contributed by atoms with Crippen molar-refractivity contribution in [1.82, 2.24) is 9.88 Å². The summed E-state index contributed by atoms with van der Waals surface area (Å²) < 4.78 is 3.07. The number of carbonyl (C=O) groups is 3. The van der Waals surface area contributed by atoms with Gasteiger partial charge in [-0.2, -0.15) is 0 Å². The van der Waals surface area contributed by atoms with E-state index in [0.717, 1.165) is 43.1 Å². The van der Waals surface area contributed by atoms with Gasteiger partial charge in [0.15, 0.2) is 0 Å². The Kier molecular flexibility index (Phi) is 6.95. The summed E-state index contributed by atoms with van der Waals surface area (Å²) in [4.78, 5) is 40.7. The van der Waals surface area contributed by atoms with E-state index in [4.69, 9.17) is 0 Å². The molecular weight excluding hydrogens is 578 g/mol. The van der Waals surface area contributed by atoms with Gasteiger partial charge >= 0.3 is 6.03 Å². The zero-order valence-corrected chi connectivity index (χ0v) is 23.6. The number of anilines is 1. The third-order valence-corrected chi connectivity index (χ3v) is 7.42. The molecule has 0 radical (unpaired) electrons. The van der Waals surface area contributed by atoms with Gasteiger partial charge in [0, 0.05) is 15.7 Å². The van der Waals surface area contributed by atoms with Gasteiger partial charge in [0.1, 0.15) is 5.57 Å². The Balaban J connectivity index is 1.60. The summed E-state index contributed by atoms with van der Waals surface area (Å²) in [6.45, 7) is 1.87. The predicted octanol–water partition coefficient (Wildman–Crippen LogP) is 7.55. The summed E-state index contributed by atoms with van der Waals surface area (Å²) in [6.07, 6.45) is 1.58. The summed E-state index contributed by atoms with van der Waals surface area (Å²) in [5.74, 6) is -1.42. The largest absolute Gasteiger partial charge is 0.335 e. The fourth-order valence-electron chi connectivity index (χ4n) is 5.03. The number of benzene rings is 4. The molecule has 0 spiro atoms. The lowest BCUT2D eigenvalue weighted by Crippen LogP contribution is -2.54. The van der Waals surface area contributed by atoms with Gasteiger partial charge in [0.25, 0.3) is 11.8 Å². The van der Waals surface area contributed by atoms with Crippen LogP contribution in [-0.2, 0) is 9.59 Å². The molecule has 1 aliphatic rings. The number of hydrogen-bond acceptors (Lipinski definition) is 3. The van der Waals surface area contributed by atoms with E-state index in [0.29, 0.717) is 11.3 Å². The summed E-state index contributed by atoms with van der Waals surface area (Å²) in [5.41, 5.74) is 6.28. The molecule has 0 atom stereocenters. The number of nitrogens with one attached hydrogen (secondary N) is 1. The maximum absolute atomic E-state index is 13.7. The molecule has 7 heteroatoms. The van der Waals surface area contributed by atoms with E-state index in [1.165, 1.54) is 0 Å². The Morgan fingerprint density at radius 1 is 0.707 bits per heavy atom. The van der Waals surface area contributed by atoms with Crippen molar-refractivity contribution in [2.24, 2.45) is 0 Å². The normalized spacial score (nSPS) is 14.4. The summed E-state index contributed by atoms with van der Waals surface area (Å²) in [7, 11) is 0.